The molecule has 2 N–H and O–H groups in total. The highest BCUT2D eigenvalue weighted by atomic mass is 79.9. The average Bonchev–Trinajstić information content (AvgIpc) is 2.13. The summed E-state index contributed by atoms with van der Waals surface area (Å²) in [6.07, 6.45) is 5.08. The third-order valence-electron chi connectivity index (χ3n) is 2.11. The van der Waals surface area contributed by atoms with Crippen molar-refractivity contribution in [3.05, 3.63) is 28.0 Å². The van der Waals surface area contributed by atoms with Crippen LogP contribution in [-0.2, 0) is 6.42 Å². The Morgan fingerprint density at radius 1 is 1.46 bits per heavy atom. The monoisotopic (exact) mass is 242 g/mol. The highest BCUT2D eigenvalue weighted by Gasteiger charge is 2.02. The van der Waals surface area contributed by atoms with E-state index in [2.05, 4.69) is 27.8 Å². The molecule has 0 aromatic carbocycles. The van der Waals surface area contributed by atoms with Gasteiger partial charge in [-0.1, -0.05) is 15.9 Å². The highest BCUT2D eigenvalue weighted by Crippen LogP contribution is 2.18. The number of hydrogen-bond acceptors (Lipinski definition) is 2. The molecule has 1 aromatic rings. The lowest BCUT2D eigenvalue weighted by Crippen LogP contribution is -2.01. The lowest BCUT2D eigenvalue weighted by molar-refractivity contribution is 0.728. The van der Waals surface area contributed by atoms with Gasteiger partial charge in [0.1, 0.15) is 0 Å². The second-order valence-electron chi connectivity index (χ2n) is 3.11. The van der Waals surface area contributed by atoms with Gasteiger partial charge >= 0.3 is 0 Å². The maximum Gasteiger partial charge on any atom is 0.0443 e. The first-order valence-corrected chi connectivity index (χ1v) is 5.35. The predicted octanol–water partition coefficient (Wildman–Crippen LogP) is 2.43. The van der Waals surface area contributed by atoms with E-state index < -0.39 is 0 Å². The largest absolute Gasteiger partial charge is 0.330 e. The molecule has 2 nitrogen and oxygen atoms in total. The Morgan fingerprint density at radius 2 is 2.23 bits per heavy atom. The molecule has 0 aliphatic carbocycles. The molecule has 0 bridgehead atoms. The van der Waals surface area contributed by atoms with Crippen LogP contribution in [0.3, 0.4) is 0 Å². The van der Waals surface area contributed by atoms with Crippen molar-refractivity contribution in [3.63, 3.8) is 0 Å². The quantitative estimate of drug-likeness (QED) is 0.825. The van der Waals surface area contributed by atoms with Crippen molar-refractivity contribution in [2.24, 2.45) is 5.73 Å². The summed E-state index contributed by atoms with van der Waals surface area (Å²) in [5, 5.41) is 0. The van der Waals surface area contributed by atoms with E-state index in [9.17, 15) is 0 Å². The Balaban J connectivity index is 2.61. The van der Waals surface area contributed by atoms with Crippen LogP contribution in [0.25, 0.3) is 0 Å². The number of hydrogen-bond donors (Lipinski definition) is 1. The fourth-order valence-electron chi connectivity index (χ4n) is 1.24. The molecular formula is C10H15BrN2. The fourth-order valence-corrected chi connectivity index (χ4v) is 1.59. The summed E-state index contributed by atoms with van der Waals surface area (Å²) >= 11 is 3.49. The molecule has 1 aromatic heterocycles. The van der Waals surface area contributed by atoms with Crippen LogP contribution in [-0.4, -0.2) is 11.5 Å². The van der Waals surface area contributed by atoms with E-state index in [-0.39, 0.29) is 0 Å². The van der Waals surface area contributed by atoms with Gasteiger partial charge in [0.25, 0.3) is 0 Å². The second kappa shape index (κ2) is 5.35. The summed E-state index contributed by atoms with van der Waals surface area (Å²) in [7, 11) is 0. The van der Waals surface area contributed by atoms with Gasteiger partial charge in [-0.15, -0.1) is 0 Å². The zero-order valence-corrected chi connectivity index (χ0v) is 9.47. The van der Waals surface area contributed by atoms with Crippen LogP contribution in [0.15, 0.2) is 16.7 Å². The Kier molecular flexibility index (Phi) is 4.39. The minimum atomic E-state index is 0.771. The van der Waals surface area contributed by atoms with Crippen molar-refractivity contribution < 1.29 is 0 Å². The molecule has 0 saturated heterocycles. The number of rotatable bonds is 4. The molecule has 0 fully saturated rings. The van der Waals surface area contributed by atoms with Crippen molar-refractivity contribution in [3.8, 4) is 0 Å². The van der Waals surface area contributed by atoms with E-state index >= 15 is 0 Å². The summed E-state index contributed by atoms with van der Waals surface area (Å²) in [4.78, 5) is 4.34. The lowest BCUT2D eigenvalue weighted by atomic mass is 10.1. The van der Waals surface area contributed by atoms with E-state index in [1.165, 1.54) is 11.3 Å². The Morgan fingerprint density at radius 3 is 2.92 bits per heavy atom. The van der Waals surface area contributed by atoms with Crippen molar-refractivity contribution >= 4 is 15.9 Å². The van der Waals surface area contributed by atoms with E-state index in [4.69, 9.17) is 5.73 Å². The minimum Gasteiger partial charge on any atom is -0.330 e. The normalized spacial score (nSPS) is 10.4. The van der Waals surface area contributed by atoms with Gasteiger partial charge in [0.05, 0.1) is 0 Å². The summed E-state index contributed by atoms with van der Waals surface area (Å²) in [6.45, 7) is 2.86. The van der Waals surface area contributed by atoms with E-state index in [1.807, 2.05) is 12.3 Å². The number of aryl methyl sites for hydroxylation is 1. The number of aromatic nitrogens is 1. The molecule has 0 aliphatic heterocycles. The maximum absolute atomic E-state index is 5.43. The zero-order valence-electron chi connectivity index (χ0n) is 7.89. The molecule has 0 aliphatic rings. The molecule has 0 atom stereocenters. The number of unbranched alkanes of at least 4 members (excludes halogenated alkanes) is 1. The van der Waals surface area contributed by atoms with Crippen LogP contribution in [0, 0.1) is 6.92 Å². The highest BCUT2D eigenvalue weighted by molar-refractivity contribution is 9.10. The molecule has 1 rings (SSSR count). The fraction of sp³-hybridized carbons (Fsp3) is 0.500. The first-order valence-electron chi connectivity index (χ1n) is 4.55. The summed E-state index contributed by atoms with van der Waals surface area (Å²) < 4.78 is 1.14. The number of nitrogens with zero attached hydrogens (tertiary/aromatic N) is 1. The van der Waals surface area contributed by atoms with Crippen LogP contribution in [0.1, 0.15) is 24.1 Å². The SMILES string of the molecule is Cc1c(Br)ccnc1CCCCN. The second-order valence-corrected chi connectivity index (χ2v) is 3.96. The van der Waals surface area contributed by atoms with Gasteiger partial charge in [0, 0.05) is 16.4 Å². The first-order chi connectivity index (χ1) is 6.25. The maximum atomic E-state index is 5.43. The Hall–Kier alpha value is -0.410. The molecule has 3 heteroatoms. The lowest BCUT2D eigenvalue weighted by Gasteiger charge is -2.05. The third-order valence-corrected chi connectivity index (χ3v) is 2.97. The molecule has 0 amide bonds. The summed E-state index contributed by atoms with van der Waals surface area (Å²) in [6, 6.07) is 1.97. The molecular weight excluding hydrogens is 228 g/mol. The molecule has 1 heterocycles. The Labute approximate surface area is 87.7 Å². The van der Waals surface area contributed by atoms with Crippen LogP contribution >= 0.6 is 15.9 Å². The number of halogens is 1. The smallest absolute Gasteiger partial charge is 0.0443 e. The standard InChI is InChI=1S/C10H15BrN2/c1-8-9(11)5-7-13-10(8)4-2-3-6-12/h5,7H,2-4,6,12H2,1H3. The van der Waals surface area contributed by atoms with Crippen molar-refractivity contribution in [1.29, 1.82) is 0 Å². The number of nitrogens with two attached hydrogens (primary N) is 1. The van der Waals surface area contributed by atoms with Crippen LogP contribution in [0.4, 0.5) is 0 Å². The molecule has 0 radical (unpaired) electrons. The molecule has 0 saturated carbocycles. The topological polar surface area (TPSA) is 38.9 Å². The third kappa shape index (κ3) is 3.08. The van der Waals surface area contributed by atoms with Crippen LogP contribution in [0.5, 0.6) is 0 Å². The first kappa shape index (κ1) is 10.7. The molecule has 0 spiro atoms. The van der Waals surface area contributed by atoms with E-state index in [0.717, 1.165) is 30.3 Å². The molecule has 72 valence electrons. The summed E-state index contributed by atoms with van der Waals surface area (Å²) in [5.41, 5.74) is 7.86. The Bertz CT molecular complexity index is 274. The van der Waals surface area contributed by atoms with Crippen LogP contribution < -0.4 is 5.73 Å². The van der Waals surface area contributed by atoms with Gasteiger partial charge in [0.15, 0.2) is 0 Å². The predicted molar refractivity (Wildman–Crippen MR) is 58.7 cm³/mol. The van der Waals surface area contributed by atoms with Gasteiger partial charge in [-0.2, -0.15) is 0 Å². The van der Waals surface area contributed by atoms with Gasteiger partial charge in [0.2, 0.25) is 0 Å². The minimum absolute atomic E-state index is 0.771. The number of pyridine rings is 1. The van der Waals surface area contributed by atoms with Gasteiger partial charge < -0.3 is 5.73 Å². The zero-order chi connectivity index (χ0) is 9.68. The molecule has 13 heavy (non-hydrogen) atoms. The average molecular weight is 243 g/mol. The molecule has 0 unspecified atom stereocenters. The van der Waals surface area contributed by atoms with Crippen molar-refractivity contribution in [2.75, 3.05) is 6.54 Å². The van der Waals surface area contributed by atoms with Gasteiger partial charge in [-0.3, -0.25) is 4.98 Å². The van der Waals surface area contributed by atoms with Crippen molar-refractivity contribution in [2.45, 2.75) is 26.2 Å². The van der Waals surface area contributed by atoms with Crippen LogP contribution in [0.2, 0.25) is 0 Å². The van der Waals surface area contributed by atoms with Gasteiger partial charge in [-0.05, 0) is 44.4 Å². The van der Waals surface area contributed by atoms with Gasteiger partial charge in [-0.25, -0.2) is 0 Å². The van der Waals surface area contributed by atoms with Crippen molar-refractivity contribution in [1.82, 2.24) is 4.98 Å². The summed E-state index contributed by atoms with van der Waals surface area (Å²) in [5.74, 6) is 0. The van der Waals surface area contributed by atoms with E-state index in [1.54, 1.807) is 0 Å². The van der Waals surface area contributed by atoms with E-state index in [0.29, 0.717) is 0 Å².